The summed E-state index contributed by atoms with van der Waals surface area (Å²) >= 11 is 0. The third-order valence-corrected chi connectivity index (χ3v) is 4.94. The molecule has 0 unspecified atom stereocenters. The van der Waals surface area contributed by atoms with Crippen LogP contribution in [0.1, 0.15) is 28.8 Å². The first-order valence-corrected chi connectivity index (χ1v) is 9.02. The Kier molecular flexibility index (Phi) is 4.66. The Hall–Kier alpha value is -3.09. The second-order valence-corrected chi connectivity index (χ2v) is 6.84. The van der Waals surface area contributed by atoms with Gasteiger partial charge in [0.2, 0.25) is 12.7 Å². The highest BCUT2D eigenvalue weighted by molar-refractivity contribution is 5.95. The number of amides is 2. The van der Waals surface area contributed by atoms with Crippen LogP contribution in [-0.2, 0) is 4.79 Å². The summed E-state index contributed by atoms with van der Waals surface area (Å²) in [6.07, 6.45) is 2.99. The molecule has 1 fully saturated rings. The van der Waals surface area contributed by atoms with Gasteiger partial charge in [-0.3, -0.25) is 9.59 Å². The van der Waals surface area contributed by atoms with Crippen LogP contribution in [0.25, 0.3) is 0 Å². The van der Waals surface area contributed by atoms with E-state index in [-0.39, 0.29) is 24.5 Å². The Morgan fingerprint density at radius 3 is 2.63 bits per heavy atom. The van der Waals surface area contributed by atoms with Crippen molar-refractivity contribution < 1.29 is 19.1 Å². The van der Waals surface area contributed by atoms with Gasteiger partial charge in [-0.2, -0.15) is 0 Å². The summed E-state index contributed by atoms with van der Waals surface area (Å²) in [4.78, 5) is 31.1. The molecule has 0 bridgehead atoms. The Labute approximate surface area is 157 Å². The summed E-state index contributed by atoms with van der Waals surface area (Å²) in [5, 5.41) is 2.86. The minimum Gasteiger partial charge on any atom is -0.454 e. The molecule has 0 spiro atoms. The Morgan fingerprint density at radius 1 is 1.11 bits per heavy atom. The number of nitrogens with one attached hydrogen (secondary N) is 1. The van der Waals surface area contributed by atoms with Crippen molar-refractivity contribution in [2.24, 2.45) is 5.92 Å². The number of aromatic nitrogens is 1. The molecule has 2 aromatic rings. The van der Waals surface area contributed by atoms with Gasteiger partial charge in [-0.05, 0) is 49.6 Å². The molecule has 7 nitrogen and oxygen atoms in total. The normalized spacial score (nSPS) is 16.3. The minimum atomic E-state index is -0.117. The molecule has 0 radical (unpaired) electrons. The lowest BCUT2D eigenvalue weighted by atomic mass is 9.95. The van der Waals surface area contributed by atoms with Crippen LogP contribution in [0, 0.1) is 12.8 Å². The average molecular weight is 367 g/mol. The zero-order valence-corrected chi connectivity index (χ0v) is 15.1. The molecular weight excluding hydrogens is 346 g/mol. The van der Waals surface area contributed by atoms with Crippen LogP contribution in [0.15, 0.2) is 36.5 Å². The molecule has 2 amide bonds. The molecule has 1 aromatic heterocycles. The molecule has 4 rings (SSSR count). The molecule has 2 aliphatic rings. The first-order chi connectivity index (χ1) is 13.1. The lowest BCUT2D eigenvalue weighted by Gasteiger charge is -2.31. The fraction of sp³-hybridized carbons (Fsp3) is 0.350. The topological polar surface area (TPSA) is 80.8 Å². The van der Waals surface area contributed by atoms with Crippen molar-refractivity contribution in [3.63, 3.8) is 0 Å². The van der Waals surface area contributed by atoms with Gasteiger partial charge in [0.15, 0.2) is 11.5 Å². The summed E-state index contributed by atoms with van der Waals surface area (Å²) in [7, 11) is 0. The van der Waals surface area contributed by atoms with Gasteiger partial charge in [-0.1, -0.05) is 6.07 Å². The van der Waals surface area contributed by atoms with E-state index in [2.05, 4.69) is 10.3 Å². The number of likely N-dealkylation sites (tertiary alicyclic amines) is 1. The second-order valence-electron chi connectivity index (χ2n) is 6.84. The number of fused-ring (bicyclic) bond motifs is 1. The van der Waals surface area contributed by atoms with E-state index in [0.717, 1.165) is 5.56 Å². The van der Waals surface area contributed by atoms with Crippen molar-refractivity contribution in [2.45, 2.75) is 19.8 Å². The van der Waals surface area contributed by atoms with Crippen LogP contribution in [-0.4, -0.2) is 41.6 Å². The first kappa shape index (κ1) is 17.3. The molecule has 3 heterocycles. The zero-order chi connectivity index (χ0) is 18.8. The second kappa shape index (κ2) is 7.26. The fourth-order valence-electron chi connectivity index (χ4n) is 3.33. The number of carbonyl (C=O) groups is 2. The SMILES string of the molecule is Cc1ccc(NC(=O)C2CCN(C(=O)c3ccc4c(c3)OCO4)CC2)nc1. The Bertz CT molecular complexity index is 858. The van der Waals surface area contributed by atoms with Crippen LogP contribution in [0.5, 0.6) is 11.5 Å². The zero-order valence-electron chi connectivity index (χ0n) is 15.1. The number of nitrogens with zero attached hydrogens (tertiary/aromatic N) is 2. The van der Waals surface area contributed by atoms with Crippen LogP contribution in [0.2, 0.25) is 0 Å². The van der Waals surface area contributed by atoms with Crippen molar-refractivity contribution in [1.29, 1.82) is 0 Å². The standard InChI is InChI=1S/C20H21N3O4/c1-13-2-5-18(21-11-13)22-19(24)14-6-8-23(9-7-14)20(25)15-3-4-16-17(10-15)27-12-26-16/h2-5,10-11,14H,6-9,12H2,1H3,(H,21,22,24). The summed E-state index contributed by atoms with van der Waals surface area (Å²) in [6.45, 7) is 3.23. The molecule has 1 N–H and O–H groups in total. The fourth-order valence-corrected chi connectivity index (χ4v) is 3.33. The van der Waals surface area contributed by atoms with Crippen LogP contribution >= 0.6 is 0 Å². The molecule has 27 heavy (non-hydrogen) atoms. The quantitative estimate of drug-likeness (QED) is 0.902. The van der Waals surface area contributed by atoms with E-state index in [1.807, 2.05) is 13.0 Å². The monoisotopic (exact) mass is 367 g/mol. The Balaban J connectivity index is 1.33. The maximum Gasteiger partial charge on any atom is 0.253 e. The molecule has 1 aromatic carbocycles. The van der Waals surface area contributed by atoms with Gasteiger partial charge in [0.25, 0.3) is 5.91 Å². The number of hydrogen-bond donors (Lipinski definition) is 1. The molecule has 7 heteroatoms. The molecule has 2 aliphatic heterocycles. The number of ether oxygens (including phenoxy) is 2. The van der Waals surface area contributed by atoms with Gasteiger partial charge >= 0.3 is 0 Å². The number of aryl methyl sites for hydroxylation is 1. The van der Waals surface area contributed by atoms with E-state index >= 15 is 0 Å². The minimum absolute atomic E-state index is 0.0402. The van der Waals surface area contributed by atoms with Gasteiger partial charge in [-0.15, -0.1) is 0 Å². The number of pyridine rings is 1. The van der Waals surface area contributed by atoms with Crippen molar-refractivity contribution in [3.8, 4) is 11.5 Å². The maximum absolute atomic E-state index is 12.7. The maximum atomic E-state index is 12.7. The largest absolute Gasteiger partial charge is 0.454 e. The van der Waals surface area contributed by atoms with Gasteiger partial charge < -0.3 is 19.7 Å². The number of anilines is 1. The number of benzene rings is 1. The van der Waals surface area contributed by atoms with Gasteiger partial charge in [-0.25, -0.2) is 4.98 Å². The summed E-state index contributed by atoms with van der Waals surface area (Å²) in [5.74, 6) is 1.61. The van der Waals surface area contributed by atoms with Crippen LogP contribution in [0.4, 0.5) is 5.82 Å². The summed E-state index contributed by atoms with van der Waals surface area (Å²) in [6, 6.07) is 8.93. The van der Waals surface area contributed by atoms with E-state index in [4.69, 9.17) is 9.47 Å². The average Bonchev–Trinajstić information content (AvgIpc) is 3.17. The third kappa shape index (κ3) is 3.72. The van der Waals surface area contributed by atoms with E-state index in [1.54, 1.807) is 35.4 Å². The van der Waals surface area contributed by atoms with Crippen LogP contribution < -0.4 is 14.8 Å². The predicted octanol–water partition coefficient (Wildman–Crippen LogP) is 2.61. The highest BCUT2D eigenvalue weighted by atomic mass is 16.7. The number of carbonyl (C=O) groups excluding carboxylic acids is 2. The molecule has 0 aliphatic carbocycles. The van der Waals surface area contributed by atoms with Crippen molar-refractivity contribution in [3.05, 3.63) is 47.7 Å². The molecule has 0 atom stereocenters. The number of hydrogen-bond acceptors (Lipinski definition) is 5. The van der Waals surface area contributed by atoms with Gasteiger partial charge in [0, 0.05) is 30.8 Å². The molecule has 0 saturated carbocycles. The van der Waals surface area contributed by atoms with Gasteiger partial charge in [0.1, 0.15) is 5.82 Å². The van der Waals surface area contributed by atoms with E-state index < -0.39 is 0 Å². The van der Waals surface area contributed by atoms with E-state index in [0.29, 0.717) is 48.8 Å². The number of piperidine rings is 1. The van der Waals surface area contributed by atoms with E-state index in [1.165, 1.54) is 0 Å². The smallest absolute Gasteiger partial charge is 0.253 e. The lowest BCUT2D eigenvalue weighted by Crippen LogP contribution is -2.41. The summed E-state index contributed by atoms with van der Waals surface area (Å²) < 4.78 is 10.6. The van der Waals surface area contributed by atoms with E-state index in [9.17, 15) is 9.59 Å². The number of rotatable bonds is 3. The van der Waals surface area contributed by atoms with Crippen molar-refractivity contribution in [1.82, 2.24) is 9.88 Å². The van der Waals surface area contributed by atoms with Crippen LogP contribution in [0.3, 0.4) is 0 Å². The van der Waals surface area contributed by atoms with Crippen molar-refractivity contribution >= 4 is 17.6 Å². The molecule has 140 valence electrons. The highest BCUT2D eigenvalue weighted by Gasteiger charge is 2.28. The highest BCUT2D eigenvalue weighted by Crippen LogP contribution is 2.33. The van der Waals surface area contributed by atoms with Crippen molar-refractivity contribution in [2.75, 3.05) is 25.2 Å². The Morgan fingerprint density at radius 2 is 1.89 bits per heavy atom. The molecular formula is C20H21N3O4. The summed E-state index contributed by atoms with van der Waals surface area (Å²) in [5.41, 5.74) is 1.62. The lowest BCUT2D eigenvalue weighted by molar-refractivity contribution is -0.121. The predicted molar refractivity (Wildman–Crippen MR) is 98.8 cm³/mol. The molecule has 1 saturated heterocycles. The van der Waals surface area contributed by atoms with Gasteiger partial charge in [0.05, 0.1) is 0 Å². The first-order valence-electron chi connectivity index (χ1n) is 9.02. The third-order valence-electron chi connectivity index (χ3n) is 4.94.